The zero-order valence-electron chi connectivity index (χ0n) is 9.68. The number of rotatable bonds is 3. The Morgan fingerprint density at radius 2 is 1.94 bits per heavy atom. The molecule has 0 saturated carbocycles. The lowest BCUT2D eigenvalue weighted by atomic mass is 10.1. The van der Waals surface area contributed by atoms with Crippen LogP contribution in [-0.4, -0.2) is 66.8 Å². The van der Waals surface area contributed by atoms with Crippen LogP contribution in [-0.2, 0) is 9.53 Å². The minimum atomic E-state index is -0.886. The first-order valence-corrected chi connectivity index (χ1v) is 5.30. The maximum absolute atomic E-state index is 11.3. The Labute approximate surface area is 94.8 Å². The summed E-state index contributed by atoms with van der Waals surface area (Å²) >= 11 is 0. The first kappa shape index (κ1) is 12.8. The smallest absolute Gasteiger partial charge is 0.407 e. The van der Waals surface area contributed by atoms with Gasteiger partial charge in [0, 0.05) is 27.2 Å². The van der Waals surface area contributed by atoms with Crippen molar-refractivity contribution in [1.82, 2.24) is 9.80 Å². The number of carbonyl (C=O) groups is 2. The van der Waals surface area contributed by atoms with Gasteiger partial charge in [-0.3, -0.25) is 4.79 Å². The van der Waals surface area contributed by atoms with E-state index in [0.717, 1.165) is 0 Å². The molecule has 2 amide bonds. The first-order valence-electron chi connectivity index (χ1n) is 5.30. The topological polar surface area (TPSA) is 70.1 Å². The molecule has 16 heavy (non-hydrogen) atoms. The van der Waals surface area contributed by atoms with E-state index in [0.29, 0.717) is 25.9 Å². The van der Waals surface area contributed by atoms with Gasteiger partial charge in [0.2, 0.25) is 5.91 Å². The summed E-state index contributed by atoms with van der Waals surface area (Å²) in [5, 5.41) is 8.74. The average molecular weight is 230 g/mol. The third-order valence-electron chi connectivity index (χ3n) is 2.65. The van der Waals surface area contributed by atoms with Gasteiger partial charge in [0.05, 0.1) is 6.10 Å². The Bertz CT molecular complexity index is 260. The minimum absolute atomic E-state index is 0.000463. The van der Waals surface area contributed by atoms with Gasteiger partial charge in [0.25, 0.3) is 0 Å². The average Bonchev–Trinajstić information content (AvgIpc) is 2.26. The van der Waals surface area contributed by atoms with Crippen molar-refractivity contribution in [3.8, 4) is 0 Å². The standard InChI is InChI=1S/C10H18N2O4/c1-11(2)9(13)7-16-8-3-5-12(6-4-8)10(14)15/h8H,3-7H2,1-2H3,(H,14,15). The molecular formula is C10H18N2O4. The second-order valence-electron chi connectivity index (χ2n) is 4.07. The highest BCUT2D eigenvalue weighted by Crippen LogP contribution is 2.13. The largest absolute Gasteiger partial charge is 0.465 e. The van der Waals surface area contributed by atoms with Crippen LogP contribution >= 0.6 is 0 Å². The van der Waals surface area contributed by atoms with E-state index >= 15 is 0 Å². The zero-order valence-corrected chi connectivity index (χ0v) is 9.68. The second-order valence-corrected chi connectivity index (χ2v) is 4.07. The van der Waals surface area contributed by atoms with Gasteiger partial charge >= 0.3 is 6.09 Å². The number of carbonyl (C=O) groups excluding carboxylic acids is 1. The molecule has 0 aromatic carbocycles. The fourth-order valence-electron chi connectivity index (χ4n) is 1.53. The van der Waals surface area contributed by atoms with E-state index in [9.17, 15) is 9.59 Å². The maximum Gasteiger partial charge on any atom is 0.407 e. The molecule has 1 rings (SSSR count). The van der Waals surface area contributed by atoms with E-state index in [2.05, 4.69) is 0 Å². The van der Waals surface area contributed by atoms with Gasteiger partial charge < -0.3 is 19.6 Å². The van der Waals surface area contributed by atoms with E-state index in [-0.39, 0.29) is 18.6 Å². The van der Waals surface area contributed by atoms with Gasteiger partial charge in [-0.1, -0.05) is 0 Å². The summed E-state index contributed by atoms with van der Waals surface area (Å²) in [6, 6.07) is 0. The number of carboxylic acid groups (broad SMARTS) is 1. The lowest BCUT2D eigenvalue weighted by molar-refractivity contribution is -0.136. The molecule has 6 heteroatoms. The van der Waals surface area contributed by atoms with Crippen molar-refractivity contribution in [2.75, 3.05) is 33.8 Å². The van der Waals surface area contributed by atoms with Crippen LogP contribution in [0, 0.1) is 0 Å². The van der Waals surface area contributed by atoms with Crippen LogP contribution in [0.4, 0.5) is 4.79 Å². The Morgan fingerprint density at radius 1 is 1.38 bits per heavy atom. The number of piperidine rings is 1. The lowest BCUT2D eigenvalue weighted by Crippen LogP contribution is -2.41. The summed E-state index contributed by atoms with van der Waals surface area (Å²) in [6.07, 6.45) is 0.433. The summed E-state index contributed by atoms with van der Waals surface area (Å²) in [5.41, 5.74) is 0. The van der Waals surface area contributed by atoms with E-state index in [1.54, 1.807) is 14.1 Å². The van der Waals surface area contributed by atoms with Crippen molar-refractivity contribution in [1.29, 1.82) is 0 Å². The zero-order chi connectivity index (χ0) is 12.1. The van der Waals surface area contributed by atoms with Crippen LogP contribution < -0.4 is 0 Å². The number of nitrogens with zero attached hydrogens (tertiary/aromatic N) is 2. The molecule has 0 aromatic rings. The molecule has 92 valence electrons. The van der Waals surface area contributed by atoms with Crippen LogP contribution in [0.3, 0.4) is 0 Å². The first-order chi connectivity index (χ1) is 7.50. The number of ether oxygens (including phenoxy) is 1. The van der Waals surface area contributed by atoms with Crippen molar-refractivity contribution in [3.63, 3.8) is 0 Å². The number of likely N-dealkylation sites (tertiary alicyclic amines) is 1. The maximum atomic E-state index is 11.3. The van der Waals surface area contributed by atoms with E-state index in [1.807, 2.05) is 0 Å². The fourth-order valence-corrected chi connectivity index (χ4v) is 1.53. The molecule has 0 radical (unpaired) electrons. The molecule has 0 aliphatic carbocycles. The Balaban J connectivity index is 2.22. The quantitative estimate of drug-likeness (QED) is 0.753. The summed E-state index contributed by atoms with van der Waals surface area (Å²) in [4.78, 5) is 24.7. The number of hydrogen-bond acceptors (Lipinski definition) is 3. The Hall–Kier alpha value is -1.30. The fraction of sp³-hybridized carbons (Fsp3) is 0.800. The summed E-state index contributed by atoms with van der Waals surface area (Å²) in [6.45, 7) is 1.04. The molecule has 1 saturated heterocycles. The van der Waals surface area contributed by atoms with Crippen molar-refractivity contribution in [2.45, 2.75) is 18.9 Å². The van der Waals surface area contributed by atoms with E-state index in [1.165, 1.54) is 9.80 Å². The predicted octanol–water partition coefficient (Wildman–Crippen LogP) is 0.234. The third kappa shape index (κ3) is 3.69. The normalized spacial score (nSPS) is 17.2. The van der Waals surface area contributed by atoms with Crippen LogP contribution in [0.2, 0.25) is 0 Å². The van der Waals surface area contributed by atoms with Crippen LogP contribution in [0.15, 0.2) is 0 Å². The molecule has 0 bridgehead atoms. The van der Waals surface area contributed by atoms with Gasteiger partial charge in [-0.05, 0) is 12.8 Å². The molecule has 0 unspecified atom stereocenters. The van der Waals surface area contributed by atoms with Crippen molar-refractivity contribution in [3.05, 3.63) is 0 Å². The van der Waals surface area contributed by atoms with Gasteiger partial charge in [0.1, 0.15) is 6.61 Å². The third-order valence-corrected chi connectivity index (χ3v) is 2.65. The Morgan fingerprint density at radius 3 is 2.38 bits per heavy atom. The van der Waals surface area contributed by atoms with Crippen LogP contribution in [0.25, 0.3) is 0 Å². The molecule has 0 atom stereocenters. The monoisotopic (exact) mass is 230 g/mol. The number of amides is 2. The highest BCUT2D eigenvalue weighted by molar-refractivity contribution is 5.76. The summed E-state index contributed by atoms with van der Waals surface area (Å²) in [5.74, 6) is -0.0688. The summed E-state index contributed by atoms with van der Waals surface area (Å²) in [7, 11) is 3.36. The minimum Gasteiger partial charge on any atom is -0.465 e. The van der Waals surface area contributed by atoms with Gasteiger partial charge in [-0.15, -0.1) is 0 Å². The lowest BCUT2D eigenvalue weighted by Gasteiger charge is -2.29. The van der Waals surface area contributed by atoms with Crippen molar-refractivity contribution < 1.29 is 19.4 Å². The van der Waals surface area contributed by atoms with Gasteiger partial charge in [0.15, 0.2) is 0 Å². The number of hydrogen-bond donors (Lipinski definition) is 1. The predicted molar refractivity (Wildman–Crippen MR) is 57.3 cm³/mol. The SMILES string of the molecule is CN(C)C(=O)COC1CCN(C(=O)O)CC1. The number of likely N-dealkylation sites (N-methyl/N-ethyl adjacent to an activating group) is 1. The summed E-state index contributed by atoms with van der Waals surface area (Å²) < 4.78 is 5.42. The van der Waals surface area contributed by atoms with E-state index < -0.39 is 6.09 Å². The van der Waals surface area contributed by atoms with Gasteiger partial charge in [-0.2, -0.15) is 0 Å². The molecule has 1 aliphatic rings. The highest BCUT2D eigenvalue weighted by Gasteiger charge is 2.23. The van der Waals surface area contributed by atoms with Gasteiger partial charge in [-0.25, -0.2) is 4.79 Å². The van der Waals surface area contributed by atoms with Crippen molar-refractivity contribution >= 4 is 12.0 Å². The van der Waals surface area contributed by atoms with Crippen molar-refractivity contribution in [2.24, 2.45) is 0 Å². The molecule has 1 heterocycles. The molecule has 6 nitrogen and oxygen atoms in total. The Kier molecular flexibility index (Phi) is 4.54. The van der Waals surface area contributed by atoms with Crippen LogP contribution in [0.1, 0.15) is 12.8 Å². The second kappa shape index (κ2) is 5.69. The molecular weight excluding hydrogens is 212 g/mol. The molecule has 0 aromatic heterocycles. The molecule has 1 N–H and O–H groups in total. The molecule has 1 fully saturated rings. The van der Waals surface area contributed by atoms with Crippen LogP contribution in [0.5, 0.6) is 0 Å². The molecule has 0 spiro atoms. The molecule has 1 aliphatic heterocycles. The highest BCUT2D eigenvalue weighted by atomic mass is 16.5. The van der Waals surface area contributed by atoms with E-state index in [4.69, 9.17) is 9.84 Å².